The summed E-state index contributed by atoms with van der Waals surface area (Å²) in [5.41, 5.74) is 3.94. The standard InChI is InChI=1S/C14H21NO/c1-11-3-4-14(12(2)9-11)15-10-13-5-7-16-8-6-13/h3-4,9,13,15H,5-8,10H2,1-2H3. The number of anilines is 1. The van der Waals surface area contributed by atoms with E-state index in [1.54, 1.807) is 0 Å². The number of hydrogen-bond acceptors (Lipinski definition) is 2. The Hall–Kier alpha value is -1.02. The molecule has 0 bridgehead atoms. The van der Waals surface area contributed by atoms with Crippen LogP contribution in [0, 0.1) is 19.8 Å². The number of hydrogen-bond donors (Lipinski definition) is 1. The van der Waals surface area contributed by atoms with Gasteiger partial charge in [-0.05, 0) is 44.2 Å². The Balaban J connectivity index is 1.88. The van der Waals surface area contributed by atoms with Gasteiger partial charge in [0.25, 0.3) is 0 Å². The normalized spacial score (nSPS) is 17.4. The zero-order chi connectivity index (χ0) is 11.4. The van der Waals surface area contributed by atoms with Gasteiger partial charge in [0.15, 0.2) is 0 Å². The first kappa shape index (κ1) is 11.5. The lowest BCUT2D eigenvalue weighted by Crippen LogP contribution is -2.22. The van der Waals surface area contributed by atoms with E-state index in [0.29, 0.717) is 0 Å². The van der Waals surface area contributed by atoms with Crippen LogP contribution in [-0.4, -0.2) is 19.8 Å². The van der Waals surface area contributed by atoms with Gasteiger partial charge in [0.1, 0.15) is 0 Å². The van der Waals surface area contributed by atoms with Crippen LogP contribution in [-0.2, 0) is 4.74 Å². The van der Waals surface area contributed by atoms with Gasteiger partial charge in [0, 0.05) is 25.4 Å². The summed E-state index contributed by atoms with van der Waals surface area (Å²) >= 11 is 0. The molecule has 0 radical (unpaired) electrons. The molecule has 0 amide bonds. The third-order valence-corrected chi connectivity index (χ3v) is 3.30. The quantitative estimate of drug-likeness (QED) is 0.843. The molecule has 1 aromatic rings. The van der Waals surface area contributed by atoms with E-state index in [0.717, 1.165) is 25.7 Å². The van der Waals surface area contributed by atoms with Crippen LogP contribution in [0.1, 0.15) is 24.0 Å². The molecule has 88 valence electrons. The first-order valence-corrected chi connectivity index (χ1v) is 6.14. The fourth-order valence-electron chi connectivity index (χ4n) is 2.22. The van der Waals surface area contributed by atoms with Crippen LogP contribution in [0.5, 0.6) is 0 Å². The number of ether oxygens (including phenoxy) is 1. The van der Waals surface area contributed by atoms with Gasteiger partial charge in [0.2, 0.25) is 0 Å². The number of benzene rings is 1. The Kier molecular flexibility index (Phi) is 3.83. The molecular weight excluding hydrogens is 198 g/mol. The maximum Gasteiger partial charge on any atom is 0.0469 e. The van der Waals surface area contributed by atoms with Gasteiger partial charge in [-0.3, -0.25) is 0 Å². The number of rotatable bonds is 3. The first-order valence-electron chi connectivity index (χ1n) is 6.14. The summed E-state index contributed by atoms with van der Waals surface area (Å²) in [6, 6.07) is 6.58. The summed E-state index contributed by atoms with van der Waals surface area (Å²) in [4.78, 5) is 0. The summed E-state index contributed by atoms with van der Waals surface area (Å²) in [6.45, 7) is 7.24. The van der Waals surface area contributed by atoms with Crippen LogP contribution < -0.4 is 5.32 Å². The zero-order valence-corrected chi connectivity index (χ0v) is 10.3. The second kappa shape index (κ2) is 5.35. The van der Waals surface area contributed by atoms with E-state index in [-0.39, 0.29) is 0 Å². The highest BCUT2D eigenvalue weighted by Crippen LogP contribution is 2.19. The fraction of sp³-hybridized carbons (Fsp3) is 0.571. The van der Waals surface area contributed by atoms with Gasteiger partial charge in [0.05, 0.1) is 0 Å². The molecule has 0 saturated carbocycles. The molecule has 1 fully saturated rings. The Morgan fingerprint density at radius 2 is 2.00 bits per heavy atom. The Morgan fingerprint density at radius 1 is 1.25 bits per heavy atom. The van der Waals surface area contributed by atoms with Gasteiger partial charge in [-0.2, -0.15) is 0 Å². The van der Waals surface area contributed by atoms with Gasteiger partial charge in [-0.25, -0.2) is 0 Å². The van der Waals surface area contributed by atoms with Crippen LogP contribution in [0.15, 0.2) is 18.2 Å². The average Bonchev–Trinajstić information content (AvgIpc) is 2.29. The van der Waals surface area contributed by atoms with Crippen molar-refractivity contribution in [3.63, 3.8) is 0 Å². The molecule has 2 nitrogen and oxygen atoms in total. The van der Waals surface area contributed by atoms with E-state index in [1.165, 1.54) is 29.7 Å². The van der Waals surface area contributed by atoms with E-state index in [1.807, 2.05) is 0 Å². The summed E-state index contributed by atoms with van der Waals surface area (Å²) in [6.07, 6.45) is 2.38. The van der Waals surface area contributed by atoms with Crippen LogP contribution in [0.2, 0.25) is 0 Å². The van der Waals surface area contributed by atoms with Crippen LogP contribution in [0.4, 0.5) is 5.69 Å². The molecule has 16 heavy (non-hydrogen) atoms. The molecule has 1 aliphatic heterocycles. The first-order chi connectivity index (χ1) is 7.75. The molecule has 2 heteroatoms. The minimum Gasteiger partial charge on any atom is -0.385 e. The Labute approximate surface area is 98.0 Å². The van der Waals surface area contributed by atoms with Crippen LogP contribution in [0.25, 0.3) is 0 Å². The van der Waals surface area contributed by atoms with E-state index in [2.05, 4.69) is 37.4 Å². The van der Waals surface area contributed by atoms with Gasteiger partial charge >= 0.3 is 0 Å². The van der Waals surface area contributed by atoms with Crippen molar-refractivity contribution in [1.82, 2.24) is 0 Å². The van der Waals surface area contributed by atoms with Crippen molar-refractivity contribution in [3.8, 4) is 0 Å². The molecule has 1 N–H and O–H groups in total. The zero-order valence-electron chi connectivity index (χ0n) is 10.3. The van der Waals surface area contributed by atoms with Crippen LogP contribution >= 0.6 is 0 Å². The molecule has 0 atom stereocenters. The molecule has 1 saturated heterocycles. The van der Waals surface area contributed by atoms with Crippen molar-refractivity contribution in [1.29, 1.82) is 0 Å². The fourth-order valence-corrected chi connectivity index (χ4v) is 2.22. The molecule has 0 unspecified atom stereocenters. The highest BCUT2D eigenvalue weighted by Gasteiger charge is 2.13. The lowest BCUT2D eigenvalue weighted by Gasteiger charge is -2.23. The predicted molar refractivity (Wildman–Crippen MR) is 67.9 cm³/mol. The highest BCUT2D eigenvalue weighted by molar-refractivity contribution is 5.51. The molecular formula is C14H21NO. The second-order valence-corrected chi connectivity index (χ2v) is 4.76. The van der Waals surface area contributed by atoms with Crippen LogP contribution in [0.3, 0.4) is 0 Å². The SMILES string of the molecule is Cc1ccc(NCC2CCOCC2)c(C)c1. The molecule has 1 heterocycles. The maximum atomic E-state index is 5.36. The van der Waals surface area contributed by atoms with Crippen molar-refractivity contribution in [2.24, 2.45) is 5.92 Å². The highest BCUT2D eigenvalue weighted by atomic mass is 16.5. The largest absolute Gasteiger partial charge is 0.385 e. The summed E-state index contributed by atoms with van der Waals surface area (Å²) in [5.74, 6) is 0.773. The van der Waals surface area contributed by atoms with Crippen molar-refractivity contribution < 1.29 is 4.74 Å². The third-order valence-electron chi connectivity index (χ3n) is 3.30. The average molecular weight is 219 g/mol. The number of aryl methyl sites for hydroxylation is 2. The molecule has 1 aromatic carbocycles. The van der Waals surface area contributed by atoms with Gasteiger partial charge < -0.3 is 10.1 Å². The van der Waals surface area contributed by atoms with Crippen molar-refractivity contribution >= 4 is 5.69 Å². The molecule has 1 aliphatic rings. The molecule has 0 aromatic heterocycles. The van der Waals surface area contributed by atoms with Crippen molar-refractivity contribution in [2.45, 2.75) is 26.7 Å². The van der Waals surface area contributed by atoms with E-state index in [9.17, 15) is 0 Å². The molecule has 0 aliphatic carbocycles. The maximum absolute atomic E-state index is 5.36. The Bertz CT molecular complexity index is 343. The van der Waals surface area contributed by atoms with Gasteiger partial charge in [-0.15, -0.1) is 0 Å². The summed E-state index contributed by atoms with van der Waals surface area (Å²) in [5, 5.41) is 3.55. The summed E-state index contributed by atoms with van der Waals surface area (Å²) < 4.78 is 5.36. The molecule has 0 spiro atoms. The lowest BCUT2D eigenvalue weighted by molar-refractivity contribution is 0.0699. The van der Waals surface area contributed by atoms with E-state index in [4.69, 9.17) is 4.74 Å². The van der Waals surface area contributed by atoms with E-state index < -0.39 is 0 Å². The van der Waals surface area contributed by atoms with Gasteiger partial charge in [-0.1, -0.05) is 17.7 Å². The molecule has 2 rings (SSSR count). The smallest absolute Gasteiger partial charge is 0.0469 e. The monoisotopic (exact) mass is 219 g/mol. The van der Waals surface area contributed by atoms with Crippen molar-refractivity contribution in [2.75, 3.05) is 25.1 Å². The van der Waals surface area contributed by atoms with Crippen molar-refractivity contribution in [3.05, 3.63) is 29.3 Å². The lowest BCUT2D eigenvalue weighted by atomic mass is 10.00. The minimum absolute atomic E-state index is 0.773. The summed E-state index contributed by atoms with van der Waals surface area (Å²) in [7, 11) is 0. The third kappa shape index (κ3) is 2.99. The second-order valence-electron chi connectivity index (χ2n) is 4.76. The Morgan fingerprint density at radius 3 is 2.69 bits per heavy atom. The predicted octanol–water partition coefficient (Wildman–Crippen LogP) is 3.14. The topological polar surface area (TPSA) is 21.3 Å². The minimum atomic E-state index is 0.773. The van der Waals surface area contributed by atoms with E-state index >= 15 is 0 Å². The number of nitrogens with one attached hydrogen (secondary N) is 1.